The van der Waals surface area contributed by atoms with Gasteiger partial charge < -0.3 is 5.32 Å². The van der Waals surface area contributed by atoms with E-state index < -0.39 is 0 Å². The fourth-order valence-electron chi connectivity index (χ4n) is 2.55. The highest BCUT2D eigenvalue weighted by atomic mass is 16.1. The molecule has 0 saturated heterocycles. The number of hydrogen-bond donors (Lipinski definition) is 1. The number of pyridine rings is 1. The van der Waals surface area contributed by atoms with Gasteiger partial charge in [0.2, 0.25) is 5.91 Å². The normalized spacial score (nSPS) is 10.9. The molecule has 1 aromatic heterocycles. The Hall–Kier alpha value is -2.42. The average molecular weight is 278 g/mol. The van der Waals surface area contributed by atoms with Crippen LogP contribution in [0.1, 0.15) is 26.2 Å². The van der Waals surface area contributed by atoms with Gasteiger partial charge in [-0.2, -0.15) is 0 Å². The Morgan fingerprint density at radius 3 is 2.81 bits per heavy atom. The molecule has 2 aromatic carbocycles. The van der Waals surface area contributed by atoms with Crippen molar-refractivity contribution in [3.8, 4) is 0 Å². The van der Waals surface area contributed by atoms with Crippen LogP contribution in [-0.2, 0) is 4.79 Å². The maximum absolute atomic E-state index is 11.9. The Morgan fingerprint density at radius 2 is 1.95 bits per heavy atom. The smallest absolute Gasteiger partial charge is 0.224 e. The third kappa shape index (κ3) is 2.72. The van der Waals surface area contributed by atoms with Crippen molar-refractivity contribution in [3.05, 3.63) is 48.7 Å². The van der Waals surface area contributed by atoms with Crippen molar-refractivity contribution in [3.63, 3.8) is 0 Å². The summed E-state index contributed by atoms with van der Waals surface area (Å²) in [6.45, 7) is 2.08. The van der Waals surface area contributed by atoms with Crippen LogP contribution in [0, 0.1) is 0 Å². The summed E-state index contributed by atoms with van der Waals surface area (Å²) in [5.74, 6) is 0.0671. The van der Waals surface area contributed by atoms with E-state index in [-0.39, 0.29) is 5.91 Å². The summed E-state index contributed by atoms with van der Waals surface area (Å²) in [7, 11) is 0. The van der Waals surface area contributed by atoms with Crippen LogP contribution in [-0.4, -0.2) is 10.9 Å². The number of carbonyl (C=O) groups excluding carboxylic acids is 1. The van der Waals surface area contributed by atoms with Crippen molar-refractivity contribution >= 4 is 33.3 Å². The highest BCUT2D eigenvalue weighted by molar-refractivity contribution is 6.11. The molecule has 106 valence electrons. The molecule has 1 amide bonds. The van der Waals surface area contributed by atoms with E-state index in [4.69, 9.17) is 0 Å². The zero-order valence-electron chi connectivity index (χ0n) is 12.1. The first kappa shape index (κ1) is 13.6. The molecule has 0 unspecified atom stereocenters. The molecular weight excluding hydrogens is 260 g/mol. The topological polar surface area (TPSA) is 42.0 Å². The summed E-state index contributed by atoms with van der Waals surface area (Å²) in [6, 6.07) is 14.1. The number of carbonyl (C=O) groups is 1. The summed E-state index contributed by atoms with van der Waals surface area (Å²) in [6.07, 6.45) is 4.25. The Bertz CT molecular complexity index is 795. The number of nitrogens with one attached hydrogen (secondary N) is 1. The number of unbranched alkanes of at least 4 members (excludes halogenated alkanes) is 1. The van der Waals surface area contributed by atoms with Crippen molar-refractivity contribution < 1.29 is 4.79 Å². The van der Waals surface area contributed by atoms with Gasteiger partial charge in [-0.25, -0.2) is 0 Å². The second-order valence-corrected chi connectivity index (χ2v) is 5.19. The third-order valence-electron chi connectivity index (χ3n) is 3.67. The van der Waals surface area contributed by atoms with Crippen molar-refractivity contribution in [1.29, 1.82) is 0 Å². The number of hydrogen-bond acceptors (Lipinski definition) is 2. The Labute approximate surface area is 124 Å². The minimum Gasteiger partial charge on any atom is -0.325 e. The van der Waals surface area contributed by atoms with Gasteiger partial charge in [-0.05, 0) is 17.9 Å². The zero-order chi connectivity index (χ0) is 14.7. The molecule has 0 aliphatic rings. The van der Waals surface area contributed by atoms with Gasteiger partial charge in [0.25, 0.3) is 0 Å². The minimum atomic E-state index is 0.0671. The lowest BCUT2D eigenvalue weighted by Crippen LogP contribution is -2.11. The Balaban J connectivity index is 2.04. The number of anilines is 1. The summed E-state index contributed by atoms with van der Waals surface area (Å²) >= 11 is 0. The molecule has 3 heteroatoms. The predicted octanol–water partition coefficient (Wildman–Crippen LogP) is 4.52. The van der Waals surface area contributed by atoms with E-state index in [2.05, 4.69) is 35.4 Å². The molecule has 0 bridgehead atoms. The van der Waals surface area contributed by atoms with E-state index in [9.17, 15) is 4.79 Å². The van der Waals surface area contributed by atoms with E-state index in [0.717, 1.165) is 40.2 Å². The number of nitrogens with zero attached hydrogens (tertiary/aromatic N) is 1. The molecule has 21 heavy (non-hydrogen) atoms. The van der Waals surface area contributed by atoms with Crippen LogP contribution in [0.25, 0.3) is 21.7 Å². The third-order valence-corrected chi connectivity index (χ3v) is 3.67. The molecule has 0 radical (unpaired) electrons. The van der Waals surface area contributed by atoms with Crippen molar-refractivity contribution in [2.75, 3.05) is 5.32 Å². The summed E-state index contributed by atoms with van der Waals surface area (Å²) in [5, 5.41) is 6.26. The van der Waals surface area contributed by atoms with Crippen LogP contribution >= 0.6 is 0 Å². The Kier molecular flexibility index (Phi) is 3.82. The number of amides is 1. The molecule has 0 fully saturated rings. The van der Waals surface area contributed by atoms with E-state index in [1.807, 2.05) is 24.3 Å². The number of rotatable bonds is 4. The van der Waals surface area contributed by atoms with Gasteiger partial charge >= 0.3 is 0 Å². The van der Waals surface area contributed by atoms with Crippen LogP contribution in [0.5, 0.6) is 0 Å². The van der Waals surface area contributed by atoms with Crippen molar-refractivity contribution in [2.45, 2.75) is 26.2 Å². The lowest BCUT2D eigenvalue weighted by atomic mass is 10.1. The first-order valence-corrected chi connectivity index (χ1v) is 7.36. The second-order valence-electron chi connectivity index (χ2n) is 5.19. The highest BCUT2D eigenvalue weighted by Crippen LogP contribution is 2.28. The molecule has 3 nitrogen and oxygen atoms in total. The van der Waals surface area contributed by atoms with Gasteiger partial charge in [-0.3, -0.25) is 9.78 Å². The van der Waals surface area contributed by atoms with Gasteiger partial charge in [-0.1, -0.05) is 49.7 Å². The van der Waals surface area contributed by atoms with E-state index >= 15 is 0 Å². The number of fused-ring (bicyclic) bond motifs is 3. The van der Waals surface area contributed by atoms with Crippen molar-refractivity contribution in [1.82, 2.24) is 4.98 Å². The standard InChI is InChI=1S/C18H18N2O/c1-2-3-8-17(21)20-16-11-12-19-18-14-7-5-4-6-13(14)9-10-15(16)18/h4-7,9-12H,2-3,8H2,1H3,(H,19,20,21). The van der Waals surface area contributed by atoms with Crippen LogP contribution in [0.4, 0.5) is 5.69 Å². The summed E-state index contributed by atoms with van der Waals surface area (Å²) in [5.41, 5.74) is 1.77. The summed E-state index contributed by atoms with van der Waals surface area (Å²) in [4.78, 5) is 16.4. The van der Waals surface area contributed by atoms with Gasteiger partial charge in [0.05, 0.1) is 11.2 Å². The average Bonchev–Trinajstić information content (AvgIpc) is 2.53. The summed E-state index contributed by atoms with van der Waals surface area (Å²) < 4.78 is 0. The van der Waals surface area contributed by atoms with E-state index in [1.165, 1.54) is 0 Å². The van der Waals surface area contributed by atoms with Gasteiger partial charge in [0.15, 0.2) is 0 Å². The molecule has 3 rings (SSSR count). The van der Waals surface area contributed by atoms with Crippen LogP contribution < -0.4 is 5.32 Å². The SMILES string of the molecule is CCCCC(=O)Nc1ccnc2c1ccc1ccccc12. The second kappa shape index (κ2) is 5.92. The minimum absolute atomic E-state index is 0.0671. The quantitative estimate of drug-likeness (QED) is 0.713. The zero-order valence-corrected chi connectivity index (χ0v) is 12.1. The molecule has 0 spiro atoms. The number of aromatic nitrogens is 1. The maximum Gasteiger partial charge on any atom is 0.224 e. The lowest BCUT2D eigenvalue weighted by Gasteiger charge is -2.09. The fourth-order valence-corrected chi connectivity index (χ4v) is 2.55. The molecule has 0 aliphatic carbocycles. The molecule has 0 aliphatic heterocycles. The monoisotopic (exact) mass is 278 g/mol. The van der Waals surface area contributed by atoms with Gasteiger partial charge in [0.1, 0.15) is 0 Å². The van der Waals surface area contributed by atoms with Gasteiger partial charge in [-0.15, -0.1) is 0 Å². The van der Waals surface area contributed by atoms with Crippen LogP contribution in [0.3, 0.4) is 0 Å². The molecule has 0 atom stereocenters. The first-order valence-electron chi connectivity index (χ1n) is 7.36. The predicted molar refractivity (Wildman–Crippen MR) is 87.4 cm³/mol. The molecule has 3 aromatic rings. The lowest BCUT2D eigenvalue weighted by molar-refractivity contribution is -0.116. The van der Waals surface area contributed by atoms with E-state index in [1.54, 1.807) is 6.20 Å². The van der Waals surface area contributed by atoms with E-state index in [0.29, 0.717) is 6.42 Å². The maximum atomic E-state index is 11.9. The number of benzene rings is 2. The molecule has 1 heterocycles. The van der Waals surface area contributed by atoms with Crippen molar-refractivity contribution in [2.24, 2.45) is 0 Å². The molecular formula is C18H18N2O. The van der Waals surface area contributed by atoms with Gasteiger partial charge in [0, 0.05) is 23.4 Å². The van der Waals surface area contributed by atoms with Crippen LogP contribution in [0.2, 0.25) is 0 Å². The molecule has 0 saturated carbocycles. The first-order chi connectivity index (χ1) is 10.3. The fraction of sp³-hybridized carbons (Fsp3) is 0.222. The highest BCUT2D eigenvalue weighted by Gasteiger charge is 2.08. The largest absolute Gasteiger partial charge is 0.325 e. The van der Waals surface area contributed by atoms with Crippen LogP contribution in [0.15, 0.2) is 48.7 Å². The molecule has 1 N–H and O–H groups in total. The Morgan fingerprint density at radius 1 is 1.10 bits per heavy atom.